The van der Waals surface area contributed by atoms with Crippen LogP contribution in [0.1, 0.15) is 31.9 Å². The summed E-state index contributed by atoms with van der Waals surface area (Å²) in [4.78, 5) is 24.2. The number of likely N-dealkylation sites (tertiary alicyclic amines) is 1. The number of hydrogen-bond acceptors (Lipinski definition) is 6. The topological polar surface area (TPSA) is 72.7 Å². The normalized spacial score (nSPS) is 25.1. The van der Waals surface area contributed by atoms with Crippen LogP contribution in [0.3, 0.4) is 0 Å². The van der Waals surface area contributed by atoms with Crippen LogP contribution in [0.25, 0.3) is 21.8 Å². The predicted octanol–water partition coefficient (Wildman–Crippen LogP) is 5.88. The Kier molecular flexibility index (Phi) is 7.79. The van der Waals surface area contributed by atoms with E-state index in [4.69, 9.17) is 21.1 Å². The molecule has 0 N–H and O–H groups in total. The molecule has 4 atom stereocenters. The molecule has 4 heterocycles. The summed E-state index contributed by atoms with van der Waals surface area (Å²) >= 11 is 6.31. The van der Waals surface area contributed by atoms with E-state index < -0.39 is 17.9 Å². The third-order valence-corrected chi connectivity index (χ3v) is 9.69. The number of ether oxygens (including phenoxy) is 2. The number of amides is 1. The largest absolute Gasteiger partial charge is 0.471 e. The number of aromatic nitrogens is 3. The lowest BCUT2D eigenvalue weighted by molar-refractivity contribution is -0.186. The van der Waals surface area contributed by atoms with Crippen LogP contribution in [0.15, 0.2) is 61.1 Å². The van der Waals surface area contributed by atoms with Crippen LogP contribution in [0.5, 0.6) is 0 Å². The van der Waals surface area contributed by atoms with Crippen molar-refractivity contribution in [3.63, 3.8) is 0 Å². The molecular weight excluding hydrogens is 607 g/mol. The first-order valence-electron chi connectivity index (χ1n) is 15.3. The first-order valence-corrected chi connectivity index (χ1v) is 15.7. The Bertz CT molecular complexity index is 1720. The van der Waals surface area contributed by atoms with E-state index in [2.05, 4.69) is 19.4 Å². The lowest BCUT2D eigenvalue weighted by Crippen LogP contribution is -2.55. The van der Waals surface area contributed by atoms with Gasteiger partial charge in [0.25, 0.3) is 0 Å². The van der Waals surface area contributed by atoms with Gasteiger partial charge in [0, 0.05) is 50.8 Å². The smallest absolute Gasteiger partial charge is 0.344 e. The van der Waals surface area contributed by atoms with Gasteiger partial charge in [0.15, 0.2) is 5.79 Å². The maximum atomic E-state index is 13.6. The van der Waals surface area contributed by atoms with E-state index in [1.54, 1.807) is 0 Å². The second-order valence-electron chi connectivity index (χ2n) is 13.0. The Morgan fingerprint density at radius 1 is 1.07 bits per heavy atom. The molecule has 1 saturated carbocycles. The van der Waals surface area contributed by atoms with Gasteiger partial charge in [-0.25, -0.2) is 9.97 Å². The number of carbonyl (C=O) groups excluding carboxylic acids is 1. The van der Waals surface area contributed by atoms with E-state index >= 15 is 0 Å². The number of halogens is 4. The lowest BCUT2D eigenvalue weighted by atomic mass is 9.95. The van der Waals surface area contributed by atoms with Crippen molar-refractivity contribution in [3.05, 3.63) is 71.8 Å². The summed E-state index contributed by atoms with van der Waals surface area (Å²) in [5.74, 6) is -2.39. The molecule has 2 saturated heterocycles. The van der Waals surface area contributed by atoms with Crippen LogP contribution < -0.4 is 0 Å². The van der Waals surface area contributed by atoms with Crippen LogP contribution in [-0.4, -0.2) is 87.1 Å². The van der Waals surface area contributed by atoms with Gasteiger partial charge in [-0.1, -0.05) is 54.1 Å². The van der Waals surface area contributed by atoms with E-state index in [0.29, 0.717) is 24.7 Å². The van der Waals surface area contributed by atoms with Crippen molar-refractivity contribution in [2.24, 2.45) is 11.8 Å². The Balaban J connectivity index is 0.999. The van der Waals surface area contributed by atoms with Crippen molar-refractivity contribution in [2.75, 3.05) is 32.7 Å². The maximum Gasteiger partial charge on any atom is 0.471 e. The minimum Gasteiger partial charge on any atom is -0.344 e. The SMILES string of the molecule is CC1(C)O[C@@H]2[C@@H](CN3CC(CN(CCc4ccc5ccccc5c4)C(=O)C(F)(F)F)C3)C[C@@H](n3ccc4c(Cl)ncnc43)[C@@H]2O1. The lowest BCUT2D eigenvalue weighted by Gasteiger charge is -2.43. The van der Waals surface area contributed by atoms with Crippen molar-refractivity contribution in [1.82, 2.24) is 24.3 Å². The van der Waals surface area contributed by atoms with Crippen molar-refractivity contribution in [3.8, 4) is 0 Å². The molecule has 45 heavy (non-hydrogen) atoms. The number of rotatable bonds is 8. The molecule has 2 aromatic heterocycles. The molecule has 7 rings (SSSR count). The molecule has 12 heteroatoms. The molecule has 3 aliphatic rings. The zero-order valence-electron chi connectivity index (χ0n) is 25.1. The van der Waals surface area contributed by atoms with E-state index in [1.165, 1.54) is 6.33 Å². The van der Waals surface area contributed by atoms with Crippen LogP contribution in [0.4, 0.5) is 13.2 Å². The number of nitrogens with zero attached hydrogens (tertiary/aromatic N) is 5. The Hall–Kier alpha value is -3.25. The standard InChI is InChI=1S/C33H35ClF3N5O3/c1-32(2)44-27-24(14-26(28(27)45-32)42-12-10-25-29(34)38-19-39-30(25)42)18-40-15-21(16-40)17-41(31(43)33(35,36)37)11-9-20-7-8-22-5-3-4-6-23(22)13-20/h3-8,10,12-13,19,21,24,26-28H,9,11,14-18H2,1-2H3/t24-,26-,27-,28+/m1/s1. The summed E-state index contributed by atoms with van der Waals surface area (Å²) in [7, 11) is 0. The highest BCUT2D eigenvalue weighted by atomic mass is 35.5. The van der Waals surface area contributed by atoms with Gasteiger partial charge in [-0.05, 0) is 49.1 Å². The number of alkyl halides is 3. The third-order valence-electron chi connectivity index (χ3n) is 9.39. The van der Waals surface area contributed by atoms with Gasteiger partial charge in [0.05, 0.1) is 17.5 Å². The van der Waals surface area contributed by atoms with E-state index in [-0.39, 0.29) is 43.2 Å². The van der Waals surface area contributed by atoms with Gasteiger partial charge in [-0.2, -0.15) is 13.2 Å². The van der Waals surface area contributed by atoms with Crippen LogP contribution in [0.2, 0.25) is 5.15 Å². The Morgan fingerprint density at radius 2 is 1.82 bits per heavy atom. The molecule has 0 unspecified atom stereocenters. The molecule has 2 aliphatic heterocycles. The summed E-state index contributed by atoms with van der Waals surface area (Å²) in [6, 6.07) is 15.6. The minimum atomic E-state index is -4.91. The summed E-state index contributed by atoms with van der Waals surface area (Å²) in [5, 5.41) is 3.27. The van der Waals surface area contributed by atoms with E-state index in [1.807, 2.05) is 68.6 Å². The van der Waals surface area contributed by atoms with Gasteiger partial charge in [0.1, 0.15) is 23.2 Å². The van der Waals surface area contributed by atoms with Crippen molar-refractivity contribution in [1.29, 1.82) is 0 Å². The predicted molar refractivity (Wildman–Crippen MR) is 164 cm³/mol. The summed E-state index contributed by atoms with van der Waals surface area (Å²) in [5.41, 5.74) is 1.65. The number of benzene rings is 2. The molecule has 0 radical (unpaired) electrons. The minimum absolute atomic E-state index is 0.0138. The monoisotopic (exact) mass is 641 g/mol. The summed E-state index contributed by atoms with van der Waals surface area (Å²) in [6.45, 7) is 5.88. The Morgan fingerprint density at radius 3 is 2.60 bits per heavy atom. The number of hydrogen-bond donors (Lipinski definition) is 0. The molecule has 3 fully saturated rings. The second kappa shape index (κ2) is 11.5. The van der Waals surface area contributed by atoms with Crippen molar-refractivity contribution in [2.45, 2.75) is 56.9 Å². The summed E-state index contributed by atoms with van der Waals surface area (Å²) < 4.78 is 55.6. The van der Waals surface area contributed by atoms with E-state index in [9.17, 15) is 18.0 Å². The molecule has 2 aromatic carbocycles. The second-order valence-corrected chi connectivity index (χ2v) is 13.4. The fourth-order valence-electron chi connectivity index (χ4n) is 7.41. The average Bonchev–Trinajstić information content (AvgIpc) is 3.64. The fourth-order valence-corrected chi connectivity index (χ4v) is 7.60. The quantitative estimate of drug-likeness (QED) is 0.224. The van der Waals surface area contributed by atoms with Crippen LogP contribution in [0, 0.1) is 11.8 Å². The average molecular weight is 642 g/mol. The van der Waals surface area contributed by atoms with Crippen LogP contribution >= 0.6 is 11.6 Å². The first kappa shape index (κ1) is 30.4. The molecule has 0 spiro atoms. The maximum absolute atomic E-state index is 13.6. The zero-order chi connectivity index (χ0) is 31.5. The fraction of sp³-hybridized carbons (Fsp3) is 0.485. The number of fused-ring (bicyclic) bond motifs is 3. The summed E-state index contributed by atoms with van der Waals surface area (Å²) in [6.07, 6.45) is -0.657. The molecular formula is C33H35ClF3N5O3. The zero-order valence-corrected chi connectivity index (χ0v) is 25.8. The van der Waals surface area contributed by atoms with E-state index in [0.717, 1.165) is 45.2 Å². The van der Waals surface area contributed by atoms with Gasteiger partial charge < -0.3 is 23.8 Å². The van der Waals surface area contributed by atoms with Gasteiger partial charge in [-0.15, -0.1) is 0 Å². The van der Waals surface area contributed by atoms with Crippen LogP contribution in [-0.2, 0) is 20.7 Å². The highest BCUT2D eigenvalue weighted by Crippen LogP contribution is 2.48. The highest BCUT2D eigenvalue weighted by molar-refractivity contribution is 6.33. The molecule has 8 nitrogen and oxygen atoms in total. The molecule has 0 bridgehead atoms. The van der Waals surface area contributed by atoms with Gasteiger partial charge in [-0.3, -0.25) is 4.79 Å². The third kappa shape index (κ3) is 6.03. The van der Waals surface area contributed by atoms with Crippen molar-refractivity contribution >= 4 is 39.3 Å². The molecule has 238 valence electrons. The van der Waals surface area contributed by atoms with Crippen molar-refractivity contribution < 1.29 is 27.4 Å². The number of carbonyl (C=O) groups is 1. The van der Waals surface area contributed by atoms with Gasteiger partial charge >= 0.3 is 12.1 Å². The Labute approximate surface area is 264 Å². The highest BCUT2D eigenvalue weighted by Gasteiger charge is 2.55. The molecule has 1 amide bonds. The first-order chi connectivity index (χ1) is 21.4. The van der Waals surface area contributed by atoms with Gasteiger partial charge in [0.2, 0.25) is 0 Å². The molecule has 4 aromatic rings. The molecule has 1 aliphatic carbocycles.